The lowest BCUT2D eigenvalue weighted by Crippen LogP contribution is -2.26. The van der Waals surface area contributed by atoms with Gasteiger partial charge in [-0.3, -0.25) is 9.59 Å². The van der Waals surface area contributed by atoms with E-state index in [0.29, 0.717) is 23.6 Å². The molecule has 0 spiro atoms. The van der Waals surface area contributed by atoms with Gasteiger partial charge in [0.15, 0.2) is 0 Å². The predicted molar refractivity (Wildman–Crippen MR) is 167 cm³/mol. The zero-order valence-electron chi connectivity index (χ0n) is 24.4. The van der Waals surface area contributed by atoms with Crippen molar-refractivity contribution in [3.05, 3.63) is 130 Å². The molecule has 0 fully saturated rings. The van der Waals surface area contributed by atoms with Gasteiger partial charge >= 0.3 is 0 Å². The lowest BCUT2D eigenvalue weighted by Gasteiger charge is -2.16. The second-order valence-electron chi connectivity index (χ2n) is 11.2. The number of hydrogen-bond donors (Lipinski definition) is 2. The van der Waals surface area contributed by atoms with Crippen molar-refractivity contribution in [3.63, 3.8) is 0 Å². The number of fused-ring (bicyclic) bond motifs is 1. The minimum Gasteiger partial charge on any atom is -0.366 e. The third-order valence-electron chi connectivity index (χ3n) is 8.12. The van der Waals surface area contributed by atoms with Crippen LogP contribution in [0.2, 0.25) is 0 Å². The summed E-state index contributed by atoms with van der Waals surface area (Å²) in [5, 5.41) is 4.26. The van der Waals surface area contributed by atoms with Gasteiger partial charge < -0.3 is 15.6 Å². The number of hydrogen-bond acceptors (Lipinski definition) is 2. The van der Waals surface area contributed by atoms with Crippen molar-refractivity contribution in [2.24, 2.45) is 5.73 Å². The first-order valence-electron chi connectivity index (χ1n) is 14.1. The number of nitrogens with one attached hydrogen (secondary N) is 1. The Balaban J connectivity index is 1.37. The van der Waals surface area contributed by atoms with E-state index in [2.05, 4.69) is 74.0 Å². The second-order valence-corrected chi connectivity index (χ2v) is 11.2. The average Bonchev–Trinajstić information content (AvgIpc) is 3.21. The molecule has 1 unspecified atom stereocenters. The van der Waals surface area contributed by atoms with Crippen LogP contribution in [-0.4, -0.2) is 16.4 Å². The number of aromatic nitrogens is 1. The maximum atomic E-state index is 13.3. The highest BCUT2D eigenvalue weighted by Crippen LogP contribution is 2.29. The summed E-state index contributed by atoms with van der Waals surface area (Å²) in [5.74, 6) is -0.0737. The topological polar surface area (TPSA) is 77.1 Å². The van der Waals surface area contributed by atoms with Crippen LogP contribution in [0.5, 0.6) is 0 Å². The van der Waals surface area contributed by atoms with Crippen molar-refractivity contribution < 1.29 is 9.59 Å². The molecule has 5 heteroatoms. The van der Waals surface area contributed by atoms with Crippen molar-refractivity contribution in [1.82, 2.24) is 9.88 Å². The molecule has 41 heavy (non-hydrogen) atoms. The van der Waals surface area contributed by atoms with Crippen molar-refractivity contribution in [2.45, 2.75) is 53.1 Å². The normalized spacial score (nSPS) is 12.0. The Bertz CT molecular complexity index is 1750. The molecule has 5 nitrogen and oxygen atoms in total. The highest BCUT2D eigenvalue weighted by atomic mass is 16.2. The average molecular weight is 544 g/mol. The molecule has 0 bridgehead atoms. The zero-order valence-corrected chi connectivity index (χ0v) is 24.4. The van der Waals surface area contributed by atoms with Gasteiger partial charge in [0, 0.05) is 34.3 Å². The second kappa shape index (κ2) is 11.5. The SMILES string of the molecule is Cc1c(C)n(Cc2ccc(-c3ccccc3C(N)=O)cc2)c2ccc(C(=O)NC(C)c3cccc(C(C)C)c3)cc12. The maximum Gasteiger partial charge on any atom is 0.251 e. The van der Waals surface area contributed by atoms with Crippen LogP contribution >= 0.6 is 0 Å². The molecule has 1 atom stereocenters. The highest BCUT2D eigenvalue weighted by Gasteiger charge is 2.17. The first-order chi connectivity index (χ1) is 19.6. The van der Waals surface area contributed by atoms with E-state index in [-0.39, 0.29) is 11.9 Å². The Morgan fingerprint density at radius 1 is 0.829 bits per heavy atom. The van der Waals surface area contributed by atoms with Crippen LogP contribution in [0.15, 0.2) is 91.0 Å². The number of primary amides is 1. The van der Waals surface area contributed by atoms with Crippen LogP contribution < -0.4 is 11.1 Å². The summed E-state index contributed by atoms with van der Waals surface area (Å²) in [4.78, 5) is 25.1. The summed E-state index contributed by atoms with van der Waals surface area (Å²) >= 11 is 0. The molecule has 5 aromatic rings. The molecule has 0 radical (unpaired) electrons. The third kappa shape index (κ3) is 5.66. The van der Waals surface area contributed by atoms with E-state index in [4.69, 9.17) is 5.73 Å². The molecule has 0 saturated carbocycles. The lowest BCUT2D eigenvalue weighted by atomic mass is 9.98. The highest BCUT2D eigenvalue weighted by molar-refractivity contribution is 6.00. The van der Waals surface area contributed by atoms with E-state index in [9.17, 15) is 9.59 Å². The summed E-state index contributed by atoms with van der Waals surface area (Å²) in [7, 11) is 0. The number of aryl methyl sites for hydroxylation is 1. The van der Waals surface area contributed by atoms with Gasteiger partial charge in [-0.25, -0.2) is 0 Å². The fraction of sp³-hybridized carbons (Fsp3) is 0.222. The van der Waals surface area contributed by atoms with E-state index >= 15 is 0 Å². The monoisotopic (exact) mass is 543 g/mol. The number of nitrogens with zero attached hydrogens (tertiary/aromatic N) is 1. The Hall–Kier alpha value is -4.64. The molecule has 0 aliphatic rings. The number of amides is 2. The van der Waals surface area contributed by atoms with Gasteiger partial charge in [-0.05, 0) is 84.3 Å². The zero-order chi connectivity index (χ0) is 29.3. The number of rotatable bonds is 8. The molecule has 0 saturated heterocycles. The van der Waals surface area contributed by atoms with Gasteiger partial charge in [0.2, 0.25) is 5.91 Å². The Morgan fingerprint density at radius 2 is 1.54 bits per heavy atom. The summed E-state index contributed by atoms with van der Waals surface area (Å²) in [5.41, 5.74) is 15.5. The van der Waals surface area contributed by atoms with Crippen LogP contribution in [-0.2, 0) is 6.54 Å². The van der Waals surface area contributed by atoms with Crippen LogP contribution in [0.3, 0.4) is 0 Å². The maximum absolute atomic E-state index is 13.3. The first-order valence-corrected chi connectivity index (χ1v) is 14.1. The predicted octanol–water partition coefficient (Wildman–Crippen LogP) is 7.69. The molecular formula is C36H37N3O2. The summed E-state index contributed by atoms with van der Waals surface area (Å²) in [6.07, 6.45) is 0. The van der Waals surface area contributed by atoms with E-state index in [1.807, 2.05) is 55.5 Å². The molecule has 0 aliphatic heterocycles. The van der Waals surface area contributed by atoms with E-state index in [0.717, 1.165) is 33.2 Å². The lowest BCUT2D eigenvalue weighted by molar-refractivity contribution is 0.0939. The quantitative estimate of drug-likeness (QED) is 0.210. The fourth-order valence-electron chi connectivity index (χ4n) is 5.47. The third-order valence-corrected chi connectivity index (χ3v) is 8.12. The minimum atomic E-state index is -0.433. The molecule has 0 aliphatic carbocycles. The first kappa shape index (κ1) is 27.9. The van der Waals surface area contributed by atoms with E-state index in [1.165, 1.54) is 16.8 Å². The van der Waals surface area contributed by atoms with Gasteiger partial charge in [0.1, 0.15) is 0 Å². The van der Waals surface area contributed by atoms with Crippen LogP contribution in [0.25, 0.3) is 22.0 Å². The van der Waals surface area contributed by atoms with E-state index < -0.39 is 5.91 Å². The smallest absolute Gasteiger partial charge is 0.251 e. The number of benzene rings is 4. The molecule has 4 aromatic carbocycles. The summed E-state index contributed by atoms with van der Waals surface area (Å²) < 4.78 is 2.29. The standard InChI is InChI=1S/C36H37N3O2/c1-22(2)28-9-8-10-29(19-28)24(4)38-36(41)30-17-18-34-33(20-30)23(3)25(5)39(34)21-26-13-15-27(16-14-26)31-11-6-7-12-32(31)35(37)40/h6-20,22,24H,21H2,1-5H3,(H2,37,40)(H,38,41). The van der Waals surface area contributed by atoms with Gasteiger partial charge in [0.25, 0.3) is 5.91 Å². The van der Waals surface area contributed by atoms with Crippen molar-refractivity contribution in [3.8, 4) is 11.1 Å². The molecule has 2 amide bonds. The van der Waals surface area contributed by atoms with Gasteiger partial charge in [0.05, 0.1) is 6.04 Å². The number of carbonyl (C=O) groups excluding carboxylic acids is 2. The van der Waals surface area contributed by atoms with Crippen molar-refractivity contribution in [2.75, 3.05) is 0 Å². The van der Waals surface area contributed by atoms with Crippen LogP contribution in [0.4, 0.5) is 0 Å². The summed E-state index contributed by atoms with van der Waals surface area (Å²) in [6, 6.07) is 29.9. The van der Waals surface area contributed by atoms with Gasteiger partial charge in [-0.15, -0.1) is 0 Å². The Kier molecular flexibility index (Phi) is 7.80. The molecule has 208 valence electrons. The molecule has 1 heterocycles. The number of nitrogens with two attached hydrogens (primary N) is 1. The Labute approximate surface area is 242 Å². The van der Waals surface area contributed by atoms with Crippen molar-refractivity contribution >= 4 is 22.7 Å². The number of carbonyl (C=O) groups is 2. The van der Waals surface area contributed by atoms with Gasteiger partial charge in [-0.2, -0.15) is 0 Å². The molecular weight excluding hydrogens is 506 g/mol. The fourth-order valence-corrected chi connectivity index (χ4v) is 5.47. The minimum absolute atomic E-state index is 0.0778. The van der Waals surface area contributed by atoms with Gasteiger partial charge in [-0.1, -0.05) is 80.6 Å². The van der Waals surface area contributed by atoms with Crippen LogP contribution in [0, 0.1) is 13.8 Å². The summed E-state index contributed by atoms with van der Waals surface area (Å²) in [6.45, 7) is 11.3. The van der Waals surface area contributed by atoms with Crippen LogP contribution in [0.1, 0.15) is 81.4 Å². The molecule has 1 aromatic heterocycles. The van der Waals surface area contributed by atoms with E-state index in [1.54, 1.807) is 6.07 Å². The molecule has 3 N–H and O–H groups in total. The van der Waals surface area contributed by atoms with Crippen molar-refractivity contribution in [1.29, 1.82) is 0 Å². The molecule has 5 rings (SSSR count). The largest absolute Gasteiger partial charge is 0.366 e. The Morgan fingerprint density at radius 3 is 2.24 bits per heavy atom.